The fourth-order valence-electron chi connectivity index (χ4n) is 6.84. The molecule has 252 valence electrons. The number of carbonyl (C=O) groups is 1. The maximum Gasteiger partial charge on any atom is 0.276 e. The summed E-state index contributed by atoms with van der Waals surface area (Å²) in [6.45, 7) is 12.2. The first-order valence-corrected chi connectivity index (χ1v) is 18.7. The highest BCUT2D eigenvalue weighted by molar-refractivity contribution is 6.99. The molecule has 3 aromatic carbocycles. The molecule has 1 N–H and O–H groups in total. The molecule has 6 rings (SSSR count). The predicted octanol–water partition coefficient (Wildman–Crippen LogP) is 6.37. The molecule has 2 atom stereocenters. The molecule has 1 saturated heterocycles. The molecule has 11 heteroatoms. The van der Waals surface area contributed by atoms with E-state index in [1.165, 1.54) is 0 Å². The van der Waals surface area contributed by atoms with Gasteiger partial charge in [-0.15, -0.1) is 0 Å². The second-order valence-electron chi connectivity index (χ2n) is 13.5. The standard InChI is InChI=1S/C38H40ClN5O4Si/c1-25-22-44(23-26(2)47-25)35-31(24-46-49(38(3,4)5,29-15-8-6-9-16-29)30-17-10-7-11-18-30)42-33-34(43-48-36(33)32(35)39)37(45)41-21-28-14-12-13-27(19-28)20-40/h6-19,25-26H,21-24H2,1-5H3,(H,41,45). The van der Waals surface area contributed by atoms with E-state index in [9.17, 15) is 10.1 Å². The summed E-state index contributed by atoms with van der Waals surface area (Å²) in [7, 11) is -2.96. The summed E-state index contributed by atoms with van der Waals surface area (Å²) in [4.78, 5) is 20.8. The third-order valence-corrected chi connectivity index (χ3v) is 14.2. The van der Waals surface area contributed by atoms with E-state index in [0.29, 0.717) is 35.1 Å². The first-order valence-electron chi connectivity index (χ1n) is 16.4. The van der Waals surface area contributed by atoms with Gasteiger partial charge in [-0.25, -0.2) is 4.98 Å². The molecule has 1 amide bonds. The van der Waals surface area contributed by atoms with E-state index in [-0.39, 0.29) is 47.2 Å². The average molecular weight is 694 g/mol. The van der Waals surface area contributed by atoms with E-state index < -0.39 is 14.2 Å². The Kier molecular flexibility index (Phi) is 9.91. The van der Waals surface area contributed by atoms with Crippen LogP contribution in [-0.4, -0.2) is 49.7 Å². The average Bonchev–Trinajstić information content (AvgIpc) is 3.52. The van der Waals surface area contributed by atoms with Crippen LogP contribution in [0.5, 0.6) is 0 Å². The van der Waals surface area contributed by atoms with Gasteiger partial charge in [-0.2, -0.15) is 5.26 Å². The Morgan fingerprint density at radius 3 is 2.24 bits per heavy atom. The number of nitrogens with zero attached hydrogens (tertiary/aromatic N) is 4. The summed E-state index contributed by atoms with van der Waals surface area (Å²) in [5.74, 6) is -0.468. The molecule has 0 saturated carbocycles. The van der Waals surface area contributed by atoms with Gasteiger partial charge in [0, 0.05) is 19.6 Å². The summed E-state index contributed by atoms with van der Waals surface area (Å²) in [5.41, 5.74) is 3.08. The minimum absolute atomic E-state index is 0.0234. The Labute approximate surface area is 292 Å². The van der Waals surface area contributed by atoms with Gasteiger partial charge in [-0.3, -0.25) is 4.79 Å². The molecule has 49 heavy (non-hydrogen) atoms. The van der Waals surface area contributed by atoms with Gasteiger partial charge in [0.15, 0.2) is 5.69 Å². The molecule has 1 aliphatic heterocycles. The van der Waals surface area contributed by atoms with Crippen molar-refractivity contribution in [2.75, 3.05) is 18.0 Å². The molecule has 2 unspecified atom stereocenters. The number of aromatic nitrogens is 2. The van der Waals surface area contributed by atoms with Crippen LogP contribution in [-0.2, 0) is 22.3 Å². The number of benzene rings is 3. The molecule has 1 aliphatic rings. The minimum Gasteiger partial charge on any atom is -0.401 e. The monoisotopic (exact) mass is 693 g/mol. The van der Waals surface area contributed by atoms with E-state index >= 15 is 0 Å². The number of hydrogen-bond donors (Lipinski definition) is 1. The van der Waals surface area contributed by atoms with E-state index in [4.69, 9.17) is 30.3 Å². The van der Waals surface area contributed by atoms with Crippen LogP contribution in [0.3, 0.4) is 0 Å². The van der Waals surface area contributed by atoms with Gasteiger partial charge in [-0.05, 0) is 47.0 Å². The molecule has 5 aromatic rings. The van der Waals surface area contributed by atoms with Crippen LogP contribution >= 0.6 is 11.6 Å². The number of carbonyl (C=O) groups excluding carboxylic acids is 1. The summed E-state index contributed by atoms with van der Waals surface area (Å²) in [5, 5.41) is 18.6. The van der Waals surface area contributed by atoms with Crippen molar-refractivity contribution >= 4 is 53.0 Å². The highest BCUT2D eigenvalue weighted by Crippen LogP contribution is 2.41. The van der Waals surface area contributed by atoms with Crippen LogP contribution in [0.2, 0.25) is 10.1 Å². The van der Waals surface area contributed by atoms with Crippen molar-refractivity contribution in [3.05, 3.63) is 112 Å². The third kappa shape index (κ3) is 6.85. The zero-order valence-corrected chi connectivity index (χ0v) is 30.1. The maximum atomic E-state index is 13.5. The van der Waals surface area contributed by atoms with Crippen molar-refractivity contribution in [3.63, 3.8) is 0 Å². The normalized spacial score (nSPS) is 16.8. The van der Waals surface area contributed by atoms with Crippen molar-refractivity contribution in [2.45, 2.75) is 65.0 Å². The zero-order valence-electron chi connectivity index (χ0n) is 28.4. The van der Waals surface area contributed by atoms with E-state index in [1.54, 1.807) is 18.2 Å². The van der Waals surface area contributed by atoms with Crippen molar-refractivity contribution < 1.29 is 18.5 Å². The SMILES string of the molecule is CC1CN(c2c(CO[Si](c3ccccc3)(c3ccccc3)C(C)(C)C)nc3c(C(=O)NCc4cccc(C#N)c4)noc3c2Cl)CC(C)O1. The van der Waals surface area contributed by atoms with Crippen LogP contribution in [0.15, 0.2) is 89.5 Å². The summed E-state index contributed by atoms with van der Waals surface area (Å²) >= 11 is 7.21. The van der Waals surface area contributed by atoms with Crippen LogP contribution < -0.4 is 20.6 Å². The molecule has 0 bridgehead atoms. The first-order chi connectivity index (χ1) is 23.5. The largest absolute Gasteiger partial charge is 0.401 e. The second-order valence-corrected chi connectivity index (χ2v) is 18.2. The number of ether oxygens (including phenoxy) is 1. The van der Waals surface area contributed by atoms with E-state index in [1.807, 2.05) is 32.0 Å². The summed E-state index contributed by atoms with van der Waals surface area (Å²) < 4.78 is 19.1. The van der Waals surface area contributed by atoms with Gasteiger partial charge in [0.25, 0.3) is 14.2 Å². The molecule has 0 aliphatic carbocycles. The van der Waals surface area contributed by atoms with Crippen molar-refractivity contribution in [1.29, 1.82) is 5.26 Å². The molecule has 2 aromatic heterocycles. The van der Waals surface area contributed by atoms with E-state index in [0.717, 1.165) is 15.9 Å². The van der Waals surface area contributed by atoms with Crippen LogP contribution in [0.4, 0.5) is 5.69 Å². The topological polar surface area (TPSA) is 114 Å². The van der Waals surface area contributed by atoms with Crippen molar-refractivity contribution in [2.24, 2.45) is 0 Å². The zero-order chi connectivity index (χ0) is 34.8. The lowest BCUT2D eigenvalue weighted by molar-refractivity contribution is -0.00532. The number of nitrogens with one attached hydrogen (secondary N) is 1. The van der Waals surface area contributed by atoms with Gasteiger partial charge in [-0.1, -0.05) is 110 Å². The molecule has 0 spiro atoms. The quantitative estimate of drug-likeness (QED) is 0.177. The Hall–Kier alpha value is -4.53. The third-order valence-electron chi connectivity index (χ3n) is 8.90. The summed E-state index contributed by atoms with van der Waals surface area (Å²) in [6.07, 6.45) is -0.0897. The molecule has 0 radical (unpaired) electrons. The number of pyridine rings is 1. The highest BCUT2D eigenvalue weighted by Gasteiger charge is 2.50. The highest BCUT2D eigenvalue weighted by atomic mass is 35.5. The van der Waals surface area contributed by atoms with Gasteiger partial charge in [0.1, 0.15) is 10.5 Å². The van der Waals surface area contributed by atoms with E-state index in [2.05, 4.69) is 90.7 Å². The van der Waals surface area contributed by atoms with Gasteiger partial charge >= 0.3 is 0 Å². The lowest BCUT2D eigenvalue weighted by Gasteiger charge is -2.43. The molecule has 3 heterocycles. The van der Waals surface area contributed by atoms with Gasteiger partial charge < -0.3 is 23.9 Å². The van der Waals surface area contributed by atoms with Crippen LogP contribution in [0.1, 0.15) is 61.9 Å². The fourth-order valence-corrected chi connectivity index (χ4v) is 11.7. The fraction of sp³-hybridized carbons (Fsp3) is 0.316. The number of nitriles is 1. The number of fused-ring (bicyclic) bond motifs is 1. The number of anilines is 1. The molecular weight excluding hydrogens is 654 g/mol. The lowest BCUT2D eigenvalue weighted by Crippen LogP contribution is -2.66. The number of hydrogen-bond acceptors (Lipinski definition) is 8. The Morgan fingerprint density at radius 2 is 1.65 bits per heavy atom. The molecule has 9 nitrogen and oxygen atoms in total. The Balaban J connectivity index is 1.45. The van der Waals surface area contributed by atoms with Crippen LogP contribution in [0.25, 0.3) is 11.1 Å². The Bertz CT molecular complexity index is 1940. The van der Waals surface area contributed by atoms with Crippen molar-refractivity contribution in [3.8, 4) is 6.07 Å². The number of morpholine rings is 1. The van der Waals surface area contributed by atoms with Gasteiger partial charge in [0.2, 0.25) is 5.58 Å². The number of amides is 1. The number of halogens is 1. The van der Waals surface area contributed by atoms with Gasteiger partial charge in [0.05, 0.1) is 41.8 Å². The smallest absolute Gasteiger partial charge is 0.276 e. The maximum absolute atomic E-state index is 13.5. The lowest BCUT2D eigenvalue weighted by atomic mass is 10.1. The number of rotatable bonds is 9. The second kappa shape index (κ2) is 14.1. The summed E-state index contributed by atoms with van der Waals surface area (Å²) in [6, 6.07) is 30.0. The minimum atomic E-state index is -2.96. The predicted molar refractivity (Wildman–Crippen MR) is 194 cm³/mol. The van der Waals surface area contributed by atoms with Crippen molar-refractivity contribution in [1.82, 2.24) is 15.5 Å². The first kappa shape index (κ1) is 34.3. The molecular formula is C38H40ClN5O4Si. The Morgan fingerprint density at radius 1 is 1.02 bits per heavy atom. The molecule has 1 fully saturated rings. The van der Waals surface area contributed by atoms with Crippen LogP contribution in [0, 0.1) is 11.3 Å².